The zero-order chi connectivity index (χ0) is 16.9. The Morgan fingerprint density at radius 2 is 2.08 bits per heavy atom. The van der Waals surface area contributed by atoms with Crippen LogP contribution in [0.25, 0.3) is 0 Å². The van der Waals surface area contributed by atoms with Gasteiger partial charge in [0, 0.05) is 24.3 Å². The van der Waals surface area contributed by atoms with Crippen LogP contribution in [-0.2, 0) is 11.3 Å². The Labute approximate surface area is 145 Å². The first-order chi connectivity index (χ1) is 11.7. The molecule has 1 saturated heterocycles. The van der Waals surface area contributed by atoms with Crippen molar-refractivity contribution >= 4 is 17.7 Å². The summed E-state index contributed by atoms with van der Waals surface area (Å²) in [5, 5.41) is -0.114. The molecule has 1 aliphatic rings. The predicted octanol–water partition coefficient (Wildman–Crippen LogP) is 4.39. The quantitative estimate of drug-likeness (QED) is 0.805. The van der Waals surface area contributed by atoms with Gasteiger partial charge < -0.3 is 9.64 Å². The monoisotopic (exact) mass is 345 g/mol. The van der Waals surface area contributed by atoms with Gasteiger partial charge in [-0.15, -0.1) is 11.8 Å². The molecular formula is C19H20FNO2S. The van der Waals surface area contributed by atoms with Gasteiger partial charge in [0.1, 0.15) is 16.9 Å². The van der Waals surface area contributed by atoms with Crippen LogP contribution in [0.3, 0.4) is 0 Å². The maximum atomic E-state index is 13.5. The van der Waals surface area contributed by atoms with E-state index in [4.69, 9.17) is 4.74 Å². The molecule has 0 aromatic heterocycles. The fourth-order valence-electron chi connectivity index (χ4n) is 2.85. The number of halogens is 1. The van der Waals surface area contributed by atoms with Gasteiger partial charge in [0.05, 0.1) is 6.61 Å². The number of hydrogen-bond acceptors (Lipinski definition) is 3. The molecule has 1 aliphatic heterocycles. The van der Waals surface area contributed by atoms with Gasteiger partial charge >= 0.3 is 0 Å². The van der Waals surface area contributed by atoms with Crippen molar-refractivity contribution in [1.29, 1.82) is 0 Å². The summed E-state index contributed by atoms with van der Waals surface area (Å²) >= 11 is 1.72. The SMILES string of the molecule is CCOc1ccccc1C1SCCC(=O)N1Cc1cccc(F)c1. The number of thioether (sulfide) groups is 1. The van der Waals surface area contributed by atoms with Crippen LogP contribution in [0.1, 0.15) is 29.8 Å². The largest absolute Gasteiger partial charge is 0.493 e. The molecule has 5 heteroatoms. The molecule has 1 fully saturated rings. The summed E-state index contributed by atoms with van der Waals surface area (Å²) in [7, 11) is 0. The van der Waals surface area contributed by atoms with Gasteiger partial charge in [-0.2, -0.15) is 0 Å². The highest BCUT2D eigenvalue weighted by Gasteiger charge is 2.31. The molecule has 24 heavy (non-hydrogen) atoms. The van der Waals surface area contributed by atoms with Crippen molar-refractivity contribution in [2.45, 2.75) is 25.3 Å². The fourth-order valence-corrected chi connectivity index (χ4v) is 4.12. The Morgan fingerprint density at radius 3 is 2.88 bits per heavy atom. The van der Waals surface area contributed by atoms with Gasteiger partial charge in [-0.05, 0) is 30.7 Å². The first-order valence-electron chi connectivity index (χ1n) is 8.06. The summed E-state index contributed by atoms with van der Waals surface area (Å²) in [5.41, 5.74) is 1.79. The van der Waals surface area contributed by atoms with Crippen molar-refractivity contribution in [3.63, 3.8) is 0 Å². The molecule has 0 spiro atoms. The molecular weight excluding hydrogens is 325 g/mol. The Bertz CT molecular complexity index is 722. The fraction of sp³-hybridized carbons (Fsp3) is 0.316. The standard InChI is InChI=1S/C19H20FNO2S/c1-2-23-17-9-4-3-8-16(17)19-21(18(22)10-11-24-19)13-14-6-5-7-15(20)12-14/h3-9,12,19H,2,10-11,13H2,1H3. The molecule has 1 heterocycles. The number of para-hydroxylation sites is 1. The number of rotatable bonds is 5. The number of carbonyl (C=O) groups excluding carboxylic acids is 1. The number of amides is 1. The van der Waals surface area contributed by atoms with Gasteiger partial charge in [-0.25, -0.2) is 4.39 Å². The van der Waals surface area contributed by atoms with Gasteiger partial charge in [-0.3, -0.25) is 4.79 Å². The minimum atomic E-state index is -0.282. The molecule has 3 nitrogen and oxygen atoms in total. The van der Waals surface area contributed by atoms with Crippen LogP contribution in [0.4, 0.5) is 4.39 Å². The van der Waals surface area contributed by atoms with Crippen LogP contribution in [0.5, 0.6) is 5.75 Å². The minimum Gasteiger partial charge on any atom is -0.493 e. The summed E-state index contributed by atoms with van der Waals surface area (Å²) in [4.78, 5) is 14.3. The summed E-state index contributed by atoms with van der Waals surface area (Å²) in [6.07, 6.45) is 0.507. The van der Waals surface area contributed by atoms with E-state index in [1.165, 1.54) is 12.1 Å². The van der Waals surface area contributed by atoms with E-state index in [9.17, 15) is 9.18 Å². The van der Waals surface area contributed by atoms with Crippen LogP contribution in [-0.4, -0.2) is 23.2 Å². The number of carbonyl (C=O) groups is 1. The van der Waals surface area contributed by atoms with Gasteiger partial charge in [-0.1, -0.05) is 30.3 Å². The molecule has 0 aliphatic carbocycles. The van der Waals surface area contributed by atoms with Crippen molar-refractivity contribution in [2.24, 2.45) is 0 Å². The third-order valence-corrected chi connectivity index (χ3v) is 5.19. The van der Waals surface area contributed by atoms with E-state index in [-0.39, 0.29) is 17.1 Å². The van der Waals surface area contributed by atoms with Crippen LogP contribution < -0.4 is 4.74 Å². The predicted molar refractivity (Wildman–Crippen MR) is 94.4 cm³/mol. The first kappa shape index (κ1) is 16.8. The molecule has 1 unspecified atom stereocenters. The third kappa shape index (κ3) is 3.73. The lowest BCUT2D eigenvalue weighted by Crippen LogP contribution is -2.36. The zero-order valence-corrected chi connectivity index (χ0v) is 14.4. The molecule has 0 radical (unpaired) electrons. The van der Waals surface area contributed by atoms with Crippen molar-refractivity contribution < 1.29 is 13.9 Å². The van der Waals surface area contributed by atoms with E-state index in [1.54, 1.807) is 17.8 Å². The molecule has 2 aromatic carbocycles. The van der Waals surface area contributed by atoms with Gasteiger partial charge in [0.2, 0.25) is 5.91 Å². The average molecular weight is 345 g/mol. The van der Waals surface area contributed by atoms with Crippen LogP contribution in [0.15, 0.2) is 48.5 Å². The van der Waals surface area contributed by atoms with Crippen molar-refractivity contribution in [3.8, 4) is 5.75 Å². The Balaban J connectivity index is 1.91. The van der Waals surface area contributed by atoms with Crippen molar-refractivity contribution in [1.82, 2.24) is 4.90 Å². The number of benzene rings is 2. The molecule has 0 saturated carbocycles. The normalized spacial score (nSPS) is 17.8. The molecule has 1 amide bonds. The smallest absolute Gasteiger partial charge is 0.224 e. The summed E-state index contributed by atoms with van der Waals surface area (Å²) < 4.78 is 19.2. The van der Waals surface area contributed by atoms with Crippen LogP contribution in [0.2, 0.25) is 0 Å². The van der Waals surface area contributed by atoms with E-state index in [2.05, 4.69) is 0 Å². The molecule has 0 bridgehead atoms. The Morgan fingerprint density at radius 1 is 1.25 bits per heavy atom. The maximum absolute atomic E-state index is 13.5. The Hall–Kier alpha value is -2.01. The number of ether oxygens (including phenoxy) is 1. The first-order valence-corrected chi connectivity index (χ1v) is 9.11. The van der Waals surface area contributed by atoms with E-state index in [0.29, 0.717) is 19.6 Å². The molecule has 3 rings (SSSR count). The van der Waals surface area contributed by atoms with Crippen LogP contribution in [0, 0.1) is 5.82 Å². The highest BCUT2D eigenvalue weighted by Crippen LogP contribution is 2.42. The molecule has 2 aromatic rings. The lowest BCUT2D eigenvalue weighted by Gasteiger charge is -2.36. The van der Waals surface area contributed by atoms with E-state index >= 15 is 0 Å². The summed E-state index contributed by atoms with van der Waals surface area (Å²) in [6, 6.07) is 14.2. The average Bonchev–Trinajstić information content (AvgIpc) is 2.58. The second-order valence-electron chi connectivity index (χ2n) is 5.60. The Kier molecular flexibility index (Phi) is 5.41. The number of hydrogen-bond donors (Lipinski definition) is 0. The van der Waals surface area contributed by atoms with E-state index in [1.807, 2.05) is 42.2 Å². The lowest BCUT2D eigenvalue weighted by molar-refractivity contribution is -0.132. The van der Waals surface area contributed by atoms with E-state index in [0.717, 1.165) is 22.6 Å². The zero-order valence-electron chi connectivity index (χ0n) is 13.6. The van der Waals surface area contributed by atoms with E-state index < -0.39 is 0 Å². The van der Waals surface area contributed by atoms with Gasteiger partial charge in [0.15, 0.2) is 0 Å². The summed E-state index contributed by atoms with van der Waals surface area (Å²) in [6.45, 7) is 2.92. The molecule has 0 N–H and O–H groups in total. The number of nitrogens with zero attached hydrogens (tertiary/aromatic N) is 1. The van der Waals surface area contributed by atoms with Gasteiger partial charge in [0.25, 0.3) is 0 Å². The highest BCUT2D eigenvalue weighted by atomic mass is 32.2. The highest BCUT2D eigenvalue weighted by molar-refractivity contribution is 7.99. The van der Waals surface area contributed by atoms with Crippen molar-refractivity contribution in [3.05, 3.63) is 65.5 Å². The maximum Gasteiger partial charge on any atom is 0.224 e. The van der Waals surface area contributed by atoms with Crippen LogP contribution >= 0.6 is 11.8 Å². The topological polar surface area (TPSA) is 29.5 Å². The lowest BCUT2D eigenvalue weighted by atomic mass is 10.1. The second kappa shape index (κ2) is 7.71. The molecule has 126 valence electrons. The molecule has 1 atom stereocenters. The summed E-state index contributed by atoms with van der Waals surface area (Å²) in [5.74, 6) is 1.39. The third-order valence-electron chi connectivity index (χ3n) is 3.92. The minimum absolute atomic E-state index is 0.0920. The van der Waals surface area contributed by atoms with Crippen molar-refractivity contribution in [2.75, 3.05) is 12.4 Å². The second-order valence-corrected chi connectivity index (χ2v) is 6.78.